The molecule has 1 saturated heterocycles. The number of rotatable bonds is 0. The van der Waals surface area contributed by atoms with E-state index in [0.717, 1.165) is 16.3 Å². The molecule has 0 spiro atoms. The van der Waals surface area contributed by atoms with Crippen molar-refractivity contribution in [3.63, 3.8) is 0 Å². The van der Waals surface area contributed by atoms with Gasteiger partial charge < -0.3 is 15.4 Å². The van der Waals surface area contributed by atoms with E-state index in [1.165, 1.54) is 5.01 Å². The van der Waals surface area contributed by atoms with E-state index in [1.54, 1.807) is 25.3 Å². The second kappa shape index (κ2) is 10.6. The van der Waals surface area contributed by atoms with E-state index in [-0.39, 0.29) is 24.3 Å². The van der Waals surface area contributed by atoms with Gasteiger partial charge in [0.15, 0.2) is 6.61 Å². The predicted molar refractivity (Wildman–Crippen MR) is 128 cm³/mol. The van der Waals surface area contributed by atoms with Gasteiger partial charge in [-0.25, -0.2) is 5.43 Å². The van der Waals surface area contributed by atoms with Crippen LogP contribution in [0.1, 0.15) is 50.4 Å². The Morgan fingerprint density at radius 2 is 1.86 bits per heavy atom. The SMILES string of the molecule is C[C@@H]1NC(=O)COC(=O)C/C=C/c2cc3cc(ccc3cn2)[C@@H](C)NC(=O)[C@@H]2CCCN(N2)C1=O. The summed E-state index contributed by atoms with van der Waals surface area (Å²) in [4.78, 5) is 54.4. The molecule has 3 N–H and O–H groups in total. The highest BCUT2D eigenvalue weighted by Crippen LogP contribution is 2.22. The van der Waals surface area contributed by atoms with Crippen LogP contribution in [-0.4, -0.2) is 58.9 Å². The van der Waals surface area contributed by atoms with Gasteiger partial charge in [0.25, 0.3) is 11.8 Å². The number of nitrogens with zero attached hydrogens (tertiary/aromatic N) is 2. The van der Waals surface area contributed by atoms with Crippen molar-refractivity contribution in [3.8, 4) is 0 Å². The summed E-state index contributed by atoms with van der Waals surface area (Å²) in [6.45, 7) is 3.38. The molecule has 0 aliphatic carbocycles. The Morgan fingerprint density at radius 3 is 2.69 bits per heavy atom. The number of esters is 1. The number of hydrazine groups is 1. The summed E-state index contributed by atoms with van der Waals surface area (Å²) < 4.78 is 5.01. The van der Waals surface area contributed by atoms with Crippen LogP contribution in [0, 0.1) is 0 Å². The van der Waals surface area contributed by atoms with Crippen LogP contribution in [-0.2, 0) is 23.9 Å². The molecule has 2 aliphatic heterocycles. The Kier molecular flexibility index (Phi) is 7.40. The Hall–Kier alpha value is -3.79. The fourth-order valence-electron chi connectivity index (χ4n) is 4.13. The van der Waals surface area contributed by atoms with Crippen LogP contribution in [0.5, 0.6) is 0 Å². The molecule has 0 unspecified atom stereocenters. The first-order valence-electron chi connectivity index (χ1n) is 11.7. The average Bonchev–Trinajstić information content (AvgIpc) is 2.86. The monoisotopic (exact) mass is 479 g/mol. The van der Waals surface area contributed by atoms with Crippen molar-refractivity contribution in [2.24, 2.45) is 0 Å². The van der Waals surface area contributed by atoms with E-state index >= 15 is 0 Å². The van der Waals surface area contributed by atoms with Gasteiger partial charge in [-0.15, -0.1) is 0 Å². The molecule has 5 bridgehead atoms. The zero-order chi connectivity index (χ0) is 24.9. The molecule has 3 heterocycles. The highest BCUT2D eigenvalue weighted by atomic mass is 16.5. The third kappa shape index (κ3) is 6.02. The number of amides is 3. The van der Waals surface area contributed by atoms with E-state index in [9.17, 15) is 19.2 Å². The first kappa shape index (κ1) is 24.3. The van der Waals surface area contributed by atoms with Gasteiger partial charge in [0.05, 0.1) is 18.2 Å². The molecule has 3 atom stereocenters. The minimum Gasteiger partial charge on any atom is -0.455 e. The number of aromatic nitrogens is 1. The van der Waals surface area contributed by atoms with Crippen molar-refractivity contribution in [1.29, 1.82) is 0 Å². The minimum atomic E-state index is -0.854. The average molecular weight is 480 g/mol. The zero-order valence-electron chi connectivity index (χ0n) is 19.7. The summed E-state index contributed by atoms with van der Waals surface area (Å²) >= 11 is 0. The second-order valence-corrected chi connectivity index (χ2v) is 8.82. The number of nitrogens with one attached hydrogen (secondary N) is 3. The predicted octanol–water partition coefficient (Wildman–Crippen LogP) is 1.37. The molecule has 35 heavy (non-hydrogen) atoms. The Morgan fingerprint density at radius 1 is 1.03 bits per heavy atom. The Labute approximate surface area is 203 Å². The van der Waals surface area contributed by atoms with Gasteiger partial charge >= 0.3 is 5.97 Å². The molecule has 1 aromatic heterocycles. The molecule has 4 rings (SSSR count). The van der Waals surface area contributed by atoms with Crippen LogP contribution in [0.2, 0.25) is 0 Å². The number of benzene rings is 1. The molecular formula is C25H29N5O5. The largest absolute Gasteiger partial charge is 0.455 e. The van der Waals surface area contributed by atoms with Crippen molar-refractivity contribution in [2.75, 3.05) is 13.2 Å². The quantitative estimate of drug-likeness (QED) is 0.487. The third-order valence-corrected chi connectivity index (χ3v) is 6.08. The normalized spacial score (nSPS) is 25.5. The van der Waals surface area contributed by atoms with Crippen LogP contribution in [0.3, 0.4) is 0 Å². The summed E-state index contributed by atoms with van der Waals surface area (Å²) in [6.07, 6.45) is 6.28. The lowest BCUT2D eigenvalue weighted by atomic mass is 10.0. The lowest BCUT2D eigenvalue weighted by Crippen LogP contribution is -2.61. The second-order valence-electron chi connectivity index (χ2n) is 8.82. The van der Waals surface area contributed by atoms with Crippen molar-refractivity contribution < 1.29 is 23.9 Å². The molecule has 10 nitrogen and oxygen atoms in total. The number of fused-ring (bicyclic) bond motifs is 4. The van der Waals surface area contributed by atoms with Gasteiger partial charge in [-0.3, -0.25) is 29.2 Å². The molecule has 0 radical (unpaired) electrons. The maximum atomic E-state index is 13.0. The molecule has 1 fully saturated rings. The molecule has 2 aliphatic rings. The standard InChI is InChI=1S/C25H29N5O5/c1-15-17-8-9-18-13-26-20(12-19(18)11-17)5-3-7-23(32)35-14-22(31)27-16(2)25(34)30-10-4-6-21(29-30)24(33)28-15/h3,5,8-9,11-13,15-16,21,29H,4,6-7,10,14H2,1-2H3,(H,27,31)(H,28,33)/b5-3+/t15-,16+,21+/m1/s1. The first-order chi connectivity index (χ1) is 16.8. The number of hydrogen-bond acceptors (Lipinski definition) is 7. The lowest BCUT2D eigenvalue weighted by Gasteiger charge is -2.35. The summed E-state index contributed by atoms with van der Waals surface area (Å²) in [5, 5.41) is 8.83. The molecule has 10 heteroatoms. The smallest absolute Gasteiger partial charge is 0.310 e. The molecule has 1 aromatic carbocycles. The summed E-state index contributed by atoms with van der Waals surface area (Å²) in [5.41, 5.74) is 4.59. The first-order valence-corrected chi connectivity index (χ1v) is 11.7. The van der Waals surface area contributed by atoms with E-state index in [4.69, 9.17) is 4.74 Å². The maximum Gasteiger partial charge on any atom is 0.310 e. The van der Waals surface area contributed by atoms with Crippen LogP contribution in [0.15, 0.2) is 36.5 Å². The molecule has 0 saturated carbocycles. The van der Waals surface area contributed by atoms with E-state index in [0.29, 0.717) is 25.1 Å². The molecule has 184 valence electrons. The molecule has 2 aromatic rings. The van der Waals surface area contributed by atoms with Gasteiger partial charge in [-0.2, -0.15) is 0 Å². The van der Waals surface area contributed by atoms with E-state index < -0.39 is 30.6 Å². The number of cyclic esters (lactones) is 1. The molecule has 3 amide bonds. The van der Waals surface area contributed by atoms with Crippen LogP contribution in [0.25, 0.3) is 16.8 Å². The van der Waals surface area contributed by atoms with Gasteiger partial charge in [-0.1, -0.05) is 18.2 Å². The topological polar surface area (TPSA) is 130 Å². The summed E-state index contributed by atoms with van der Waals surface area (Å²) in [5.74, 6) is -1.73. The Balaban J connectivity index is 1.60. The Bertz CT molecular complexity index is 1180. The van der Waals surface area contributed by atoms with Crippen molar-refractivity contribution in [1.82, 2.24) is 26.1 Å². The van der Waals surface area contributed by atoms with Crippen LogP contribution < -0.4 is 16.1 Å². The molecular weight excluding hydrogens is 450 g/mol. The van der Waals surface area contributed by atoms with Crippen molar-refractivity contribution in [2.45, 2.75) is 51.2 Å². The van der Waals surface area contributed by atoms with Crippen LogP contribution >= 0.6 is 0 Å². The van der Waals surface area contributed by atoms with Crippen LogP contribution in [0.4, 0.5) is 0 Å². The van der Waals surface area contributed by atoms with Gasteiger partial charge in [0.2, 0.25) is 5.91 Å². The van der Waals surface area contributed by atoms with Crippen molar-refractivity contribution in [3.05, 3.63) is 47.8 Å². The summed E-state index contributed by atoms with van der Waals surface area (Å²) in [6, 6.07) is 6.12. The van der Waals surface area contributed by atoms with E-state index in [2.05, 4.69) is 21.0 Å². The highest BCUT2D eigenvalue weighted by molar-refractivity contribution is 5.89. The number of carbonyl (C=O) groups is 4. The van der Waals surface area contributed by atoms with Gasteiger partial charge in [0.1, 0.15) is 12.1 Å². The lowest BCUT2D eigenvalue weighted by molar-refractivity contribution is -0.148. The van der Waals surface area contributed by atoms with Gasteiger partial charge in [0, 0.05) is 18.1 Å². The van der Waals surface area contributed by atoms with E-state index in [1.807, 2.05) is 31.2 Å². The maximum absolute atomic E-state index is 13.0. The number of carbonyl (C=O) groups excluding carboxylic acids is 4. The fraction of sp³-hybridized carbons (Fsp3) is 0.400. The third-order valence-electron chi connectivity index (χ3n) is 6.08. The summed E-state index contributed by atoms with van der Waals surface area (Å²) in [7, 11) is 0. The van der Waals surface area contributed by atoms with Gasteiger partial charge in [-0.05, 0) is 55.8 Å². The number of ether oxygens (including phenoxy) is 1. The number of pyridine rings is 1. The number of hydrogen-bond donors (Lipinski definition) is 3. The highest BCUT2D eigenvalue weighted by Gasteiger charge is 2.31. The zero-order valence-corrected chi connectivity index (χ0v) is 19.7. The van der Waals surface area contributed by atoms with Crippen molar-refractivity contribution >= 4 is 40.5 Å². The fourth-order valence-corrected chi connectivity index (χ4v) is 4.13. The minimum absolute atomic E-state index is 0.0241.